The lowest BCUT2D eigenvalue weighted by Gasteiger charge is -2.16. The summed E-state index contributed by atoms with van der Waals surface area (Å²) in [6, 6.07) is 8.92. The maximum Gasteiger partial charge on any atom is 0.127 e. The van der Waals surface area contributed by atoms with E-state index in [0.29, 0.717) is 10.6 Å². The van der Waals surface area contributed by atoms with Gasteiger partial charge in [-0.3, -0.25) is 0 Å². The molecule has 0 aliphatic heterocycles. The number of hydrogen-bond donors (Lipinski definition) is 0. The van der Waals surface area contributed by atoms with E-state index in [4.69, 9.17) is 23.2 Å². The molecule has 1 unspecified atom stereocenters. The summed E-state index contributed by atoms with van der Waals surface area (Å²) in [6.07, 6.45) is 0. The molecule has 4 heteroatoms. The minimum Gasteiger partial charge on any atom is -0.207 e. The van der Waals surface area contributed by atoms with Gasteiger partial charge >= 0.3 is 0 Å². The second kappa shape index (κ2) is 5.82. The first-order valence-corrected chi connectivity index (χ1v) is 7.36. The lowest BCUT2D eigenvalue weighted by atomic mass is 9.98. The molecule has 0 radical (unpaired) electrons. The summed E-state index contributed by atoms with van der Waals surface area (Å²) in [5.41, 5.74) is 3.30. The molecule has 0 aliphatic carbocycles. The molecule has 0 nitrogen and oxygen atoms in total. The van der Waals surface area contributed by atoms with Crippen molar-refractivity contribution in [2.75, 3.05) is 0 Å². The van der Waals surface area contributed by atoms with Crippen molar-refractivity contribution >= 4 is 39.1 Å². The van der Waals surface area contributed by atoms with Crippen LogP contribution in [0, 0.1) is 19.7 Å². The molecule has 100 valence electrons. The topological polar surface area (TPSA) is 0 Å². The highest BCUT2D eigenvalue weighted by molar-refractivity contribution is 9.10. The van der Waals surface area contributed by atoms with Crippen LogP contribution in [-0.4, -0.2) is 0 Å². The maximum atomic E-state index is 13.4. The van der Waals surface area contributed by atoms with E-state index >= 15 is 0 Å². The predicted octanol–water partition coefficient (Wildman–Crippen LogP) is 6.19. The highest BCUT2D eigenvalue weighted by Crippen LogP contribution is 2.37. The van der Waals surface area contributed by atoms with Gasteiger partial charge in [-0.1, -0.05) is 33.6 Å². The zero-order chi connectivity index (χ0) is 14.2. The van der Waals surface area contributed by atoms with E-state index < -0.39 is 5.38 Å². The largest absolute Gasteiger partial charge is 0.207 e. The quantitative estimate of drug-likeness (QED) is 0.559. The summed E-state index contributed by atoms with van der Waals surface area (Å²) in [6.45, 7) is 3.69. The number of rotatable bonds is 2. The molecule has 0 bridgehead atoms. The fraction of sp³-hybridized carbons (Fsp3) is 0.200. The minimum absolute atomic E-state index is 0.316. The van der Waals surface area contributed by atoms with Gasteiger partial charge in [0.2, 0.25) is 0 Å². The molecular formula is C15H12BrCl2F. The van der Waals surface area contributed by atoms with Crippen LogP contribution in [0.2, 0.25) is 5.02 Å². The highest BCUT2D eigenvalue weighted by Gasteiger charge is 2.18. The Labute approximate surface area is 130 Å². The molecule has 19 heavy (non-hydrogen) atoms. The molecule has 0 spiro atoms. The standard InChI is InChI=1S/C15H12BrCl2F/c1-8-3-4-10(16)6-11(8)15(18)12-5-9(2)14(19)7-13(12)17/h3-7,15H,1-2H3. The molecule has 0 fully saturated rings. The molecule has 0 saturated carbocycles. The van der Waals surface area contributed by atoms with E-state index in [1.165, 1.54) is 6.07 Å². The number of hydrogen-bond acceptors (Lipinski definition) is 0. The van der Waals surface area contributed by atoms with Crippen LogP contribution in [0.1, 0.15) is 27.6 Å². The van der Waals surface area contributed by atoms with Gasteiger partial charge in [0.1, 0.15) is 5.82 Å². The average molecular weight is 362 g/mol. The van der Waals surface area contributed by atoms with Gasteiger partial charge in [0, 0.05) is 9.50 Å². The number of aryl methyl sites for hydroxylation is 2. The average Bonchev–Trinajstić information content (AvgIpc) is 2.36. The van der Waals surface area contributed by atoms with E-state index in [1.807, 2.05) is 25.1 Å². The second-order valence-electron chi connectivity index (χ2n) is 4.49. The smallest absolute Gasteiger partial charge is 0.127 e. The molecule has 0 heterocycles. The first kappa shape index (κ1) is 14.8. The van der Waals surface area contributed by atoms with Gasteiger partial charge in [0.25, 0.3) is 0 Å². The molecule has 2 aromatic carbocycles. The van der Waals surface area contributed by atoms with E-state index in [1.54, 1.807) is 13.0 Å². The van der Waals surface area contributed by atoms with Crippen LogP contribution >= 0.6 is 39.1 Å². The third-order valence-electron chi connectivity index (χ3n) is 3.07. The van der Waals surface area contributed by atoms with Crippen LogP contribution in [0.4, 0.5) is 4.39 Å². The lowest BCUT2D eigenvalue weighted by Crippen LogP contribution is -1.99. The minimum atomic E-state index is -0.399. The molecule has 2 rings (SSSR count). The Bertz CT molecular complexity index is 626. The summed E-state index contributed by atoms with van der Waals surface area (Å²) in [5, 5.41) is -0.0493. The highest BCUT2D eigenvalue weighted by atomic mass is 79.9. The summed E-state index contributed by atoms with van der Waals surface area (Å²) < 4.78 is 14.4. The second-order valence-corrected chi connectivity index (χ2v) is 6.25. The fourth-order valence-electron chi connectivity index (χ4n) is 1.93. The molecule has 0 aromatic heterocycles. The number of benzene rings is 2. The van der Waals surface area contributed by atoms with Crippen LogP contribution in [0.25, 0.3) is 0 Å². The van der Waals surface area contributed by atoms with Crippen molar-refractivity contribution in [2.24, 2.45) is 0 Å². The van der Waals surface area contributed by atoms with Crippen LogP contribution in [-0.2, 0) is 0 Å². The van der Waals surface area contributed by atoms with Crippen LogP contribution < -0.4 is 0 Å². The third kappa shape index (κ3) is 3.13. The predicted molar refractivity (Wildman–Crippen MR) is 82.7 cm³/mol. The Balaban J connectivity index is 2.52. The first-order chi connectivity index (χ1) is 8.90. The van der Waals surface area contributed by atoms with Crippen molar-refractivity contribution in [2.45, 2.75) is 19.2 Å². The van der Waals surface area contributed by atoms with Gasteiger partial charge in [-0.2, -0.15) is 0 Å². The van der Waals surface area contributed by atoms with Gasteiger partial charge in [-0.25, -0.2) is 4.39 Å². The Morgan fingerprint density at radius 3 is 2.42 bits per heavy atom. The summed E-state index contributed by atoms with van der Waals surface area (Å²) in [5.74, 6) is -0.316. The molecular weight excluding hydrogens is 350 g/mol. The molecule has 1 atom stereocenters. The molecule has 2 aromatic rings. The SMILES string of the molecule is Cc1cc(C(Cl)c2cc(Br)ccc2C)c(Cl)cc1F. The molecule has 0 aliphatic rings. The van der Waals surface area contributed by atoms with E-state index in [0.717, 1.165) is 21.2 Å². The van der Waals surface area contributed by atoms with E-state index in [2.05, 4.69) is 15.9 Å². The Kier molecular flexibility index (Phi) is 4.54. The third-order valence-corrected chi connectivity index (χ3v) is 4.36. The normalized spacial score (nSPS) is 12.5. The van der Waals surface area contributed by atoms with Gasteiger partial charge in [0.05, 0.1) is 5.38 Å². The van der Waals surface area contributed by atoms with Crippen molar-refractivity contribution in [3.63, 3.8) is 0 Å². The monoisotopic (exact) mass is 360 g/mol. The van der Waals surface area contributed by atoms with Crippen molar-refractivity contribution in [3.8, 4) is 0 Å². The van der Waals surface area contributed by atoms with Gasteiger partial charge in [-0.15, -0.1) is 11.6 Å². The summed E-state index contributed by atoms with van der Waals surface area (Å²) >= 11 is 16.0. The van der Waals surface area contributed by atoms with Crippen molar-refractivity contribution in [1.82, 2.24) is 0 Å². The Hall–Kier alpha value is -0.570. The maximum absolute atomic E-state index is 13.4. The fourth-order valence-corrected chi connectivity index (χ4v) is 3.04. The number of halogens is 4. The van der Waals surface area contributed by atoms with Crippen LogP contribution in [0.3, 0.4) is 0 Å². The zero-order valence-electron chi connectivity index (χ0n) is 10.5. The lowest BCUT2D eigenvalue weighted by molar-refractivity contribution is 0.618. The Morgan fingerprint density at radius 2 is 1.74 bits per heavy atom. The van der Waals surface area contributed by atoms with Crippen molar-refractivity contribution in [3.05, 3.63) is 67.9 Å². The van der Waals surface area contributed by atoms with Crippen molar-refractivity contribution < 1.29 is 4.39 Å². The van der Waals surface area contributed by atoms with Crippen LogP contribution in [0.15, 0.2) is 34.8 Å². The zero-order valence-corrected chi connectivity index (χ0v) is 13.6. The molecule has 0 amide bonds. The summed E-state index contributed by atoms with van der Waals surface area (Å²) in [7, 11) is 0. The summed E-state index contributed by atoms with van der Waals surface area (Å²) in [4.78, 5) is 0. The molecule has 0 N–H and O–H groups in total. The van der Waals surface area contributed by atoms with E-state index in [-0.39, 0.29) is 5.82 Å². The molecule has 0 saturated heterocycles. The van der Waals surface area contributed by atoms with Gasteiger partial charge in [0.15, 0.2) is 0 Å². The van der Waals surface area contributed by atoms with Gasteiger partial charge in [-0.05, 0) is 60.4 Å². The Morgan fingerprint density at radius 1 is 1.05 bits per heavy atom. The van der Waals surface area contributed by atoms with E-state index in [9.17, 15) is 4.39 Å². The van der Waals surface area contributed by atoms with Crippen molar-refractivity contribution in [1.29, 1.82) is 0 Å². The van der Waals surface area contributed by atoms with Crippen LogP contribution in [0.5, 0.6) is 0 Å². The number of alkyl halides is 1. The first-order valence-electron chi connectivity index (χ1n) is 5.76. The van der Waals surface area contributed by atoms with Gasteiger partial charge < -0.3 is 0 Å².